The summed E-state index contributed by atoms with van der Waals surface area (Å²) < 4.78 is 0. The maximum atomic E-state index is 3.97. The summed E-state index contributed by atoms with van der Waals surface area (Å²) in [7, 11) is 0. The molecule has 0 saturated carbocycles. The fourth-order valence-corrected chi connectivity index (χ4v) is 1.21. The Hall–Kier alpha value is -0.960. The fraction of sp³-hybridized carbons (Fsp3) is 0.455. The standard InChI is InChI=1S/C5H7N.C4H5NS.C2H6/c1-5-3-2-4-6-5;1-4-5-2-3-6-4;1-2/h3-4H,2H2,1H3;2-3H,1H3;1-2H3. The first-order chi connectivity index (χ1) is 6.79. The number of rotatable bonds is 0. The molecule has 0 atom stereocenters. The molecule has 2 nitrogen and oxygen atoms in total. The molecular weight excluding hydrogens is 192 g/mol. The van der Waals surface area contributed by atoms with Crippen LogP contribution in [-0.2, 0) is 0 Å². The summed E-state index contributed by atoms with van der Waals surface area (Å²) in [6, 6.07) is 0. The van der Waals surface area contributed by atoms with Crippen molar-refractivity contribution in [3.05, 3.63) is 28.4 Å². The van der Waals surface area contributed by atoms with Crippen molar-refractivity contribution in [2.24, 2.45) is 4.99 Å². The summed E-state index contributed by atoms with van der Waals surface area (Å²) in [5.74, 6) is 0. The largest absolute Gasteiger partial charge is 0.266 e. The van der Waals surface area contributed by atoms with Gasteiger partial charge in [-0.15, -0.1) is 11.3 Å². The van der Waals surface area contributed by atoms with Crippen molar-refractivity contribution in [2.75, 3.05) is 0 Å². The molecule has 0 aromatic carbocycles. The molecule has 0 unspecified atom stereocenters. The Bertz CT molecular complexity index is 271. The first-order valence-corrected chi connectivity index (χ1v) is 5.72. The van der Waals surface area contributed by atoms with Crippen LogP contribution >= 0.6 is 11.3 Å². The van der Waals surface area contributed by atoms with E-state index in [1.807, 2.05) is 39.3 Å². The molecule has 0 N–H and O–H groups in total. The van der Waals surface area contributed by atoms with Crippen LogP contribution in [0, 0.1) is 6.92 Å². The van der Waals surface area contributed by atoms with Gasteiger partial charge in [-0.25, -0.2) is 0 Å². The lowest BCUT2D eigenvalue weighted by Crippen LogP contribution is -1.56. The molecule has 0 aliphatic carbocycles. The molecule has 0 amide bonds. The number of aromatic nitrogens is 1. The second-order valence-corrected chi connectivity index (χ2v) is 3.54. The summed E-state index contributed by atoms with van der Waals surface area (Å²) in [5, 5.41) is 3.10. The number of allylic oxidation sites excluding steroid dienone is 2. The third kappa shape index (κ3) is 6.54. The monoisotopic (exact) mass is 210 g/mol. The minimum atomic E-state index is 1.03. The van der Waals surface area contributed by atoms with Crippen molar-refractivity contribution in [3.8, 4) is 0 Å². The number of hydrogen-bond donors (Lipinski definition) is 0. The highest BCUT2D eigenvalue weighted by atomic mass is 32.1. The number of aryl methyl sites for hydroxylation is 1. The molecule has 0 saturated heterocycles. The SMILES string of the molecule is CC.CC1=CCC=N1.Cc1nccs1. The summed E-state index contributed by atoms with van der Waals surface area (Å²) >= 11 is 1.67. The van der Waals surface area contributed by atoms with Crippen LogP contribution in [0.4, 0.5) is 0 Å². The molecule has 1 aromatic rings. The van der Waals surface area contributed by atoms with Crippen LogP contribution in [0.3, 0.4) is 0 Å². The third-order valence-corrected chi connectivity index (χ3v) is 2.07. The van der Waals surface area contributed by atoms with E-state index in [1.54, 1.807) is 17.5 Å². The topological polar surface area (TPSA) is 25.2 Å². The zero-order valence-electron chi connectivity index (χ0n) is 9.32. The average molecular weight is 210 g/mol. The van der Waals surface area contributed by atoms with Crippen molar-refractivity contribution in [1.29, 1.82) is 0 Å². The molecule has 0 fully saturated rings. The van der Waals surface area contributed by atoms with Gasteiger partial charge in [-0.05, 0) is 13.8 Å². The molecule has 1 aliphatic heterocycles. The number of nitrogens with zero attached hydrogens (tertiary/aromatic N) is 2. The van der Waals surface area contributed by atoms with E-state index in [0.717, 1.165) is 17.1 Å². The van der Waals surface area contributed by atoms with Crippen molar-refractivity contribution >= 4 is 17.6 Å². The molecule has 78 valence electrons. The van der Waals surface area contributed by atoms with Gasteiger partial charge in [-0.3, -0.25) is 9.98 Å². The molecule has 2 rings (SSSR count). The van der Waals surface area contributed by atoms with Crippen LogP contribution in [0.1, 0.15) is 32.2 Å². The lowest BCUT2D eigenvalue weighted by atomic mass is 10.4. The number of aliphatic imine (C=N–C) groups is 1. The van der Waals surface area contributed by atoms with E-state index in [1.165, 1.54) is 0 Å². The second kappa shape index (κ2) is 8.63. The first-order valence-electron chi connectivity index (χ1n) is 4.84. The predicted molar refractivity (Wildman–Crippen MR) is 65.1 cm³/mol. The molecule has 14 heavy (non-hydrogen) atoms. The zero-order valence-corrected chi connectivity index (χ0v) is 10.1. The van der Waals surface area contributed by atoms with Gasteiger partial charge in [0.15, 0.2) is 0 Å². The number of thiazole rings is 1. The third-order valence-electron chi connectivity index (χ3n) is 1.37. The normalized spacial score (nSPS) is 12.1. The summed E-state index contributed by atoms with van der Waals surface area (Å²) in [5.41, 5.74) is 1.15. The highest BCUT2D eigenvalue weighted by molar-refractivity contribution is 7.09. The van der Waals surface area contributed by atoms with Gasteiger partial charge in [-0.1, -0.05) is 19.9 Å². The fourth-order valence-electron chi connectivity index (χ4n) is 0.767. The van der Waals surface area contributed by atoms with Crippen molar-refractivity contribution in [1.82, 2.24) is 4.98 Å². The molecule has 0 bridgehead atoms. The van der Waals surface area contributed by atoms with E-state index >= 15 is 0 Å². The van der Waals surface area contributed by atoms with E-state index in [0.29, 0.717) is 0 Å². The smallest absolute Gasteiger partial charge is 0.0893 e. The predicted octanol–water partition coefficient (Wildman–Crippen LogP) is 3.84. The maximum absolute atomic E-state index is 3.97. The van der Waals surface area contributed by atoms with Crippen LogP contribution < -0.4 is 0 Å². The van der Waals surface area contributed by atoms with Gasteiger partial charge in [0.05, 0.1) is 5.01 Å². The Morgan fingerprint density at radius 1 is 1.29 bits per heavy atom. The quantitative estimate of drug-likeness (QED) is 0.638. The Balaban J connectivity index is 0.000000206. The minimum Gasteiger partial charge on any atom is -0.266 e. The van der Waals surface area contributed by atoms with E-state index in [2.05, 4.69) is 16.1 Å². The molecule has 0 spiro atoms. The Kier molecular flexibility index (Phi) is 8.04. The van der Waals surface area contributed by atoms with E-state index in [4.69, 9.17) is 0 Å². The second-order valence-electron chi connectivity index (χ2n) is 2.44. The van der Waals surface area contributed by atoms with Gasteiger partial charge in [0, 0.05) is 29.9 Å². The van der Waals surface area contributed by atoms with Crippen molar-refractivity contribution in [3.63, 3.8) is 0 Å². The van der Waals surface area contributed by atoms with Gasteiger partial charge in [0.25, 0.3) is 0 Å². The highest BCUT2D eigenvalue weighted by Crippen LogP contribution is 2.00. The van der Waals surface area contributed by atoms with Crippen LogP contribution in [0.2, 0.25) is 0 Å². The maximum Gasteiger partial charge on any atom is 0.0893 e. The molecule has 2 heterocycles. The summed E-state index contributed by atoms with van der Waals surface area (Å²) in [4.78, 5) is 7.91. The van der Waals surface area contributed by atoms with Crippen LogP contribution in [0.5, 0.6) is 0 Å². The van der Waals surface area contributed by atoms with Gasteiger partial charge < -0.3 is 0 Å². The first kappa shape index (κ1) is 13.0. The Morgan fingerprint density at radius 2 is 2.00 bits per heavy atom. The van der Waals surface area contributed by atoms with Crippen LogP contribution in [0.15, 0.2) is 28.3 Å². The summed E-state index contributed by atoms with van der Waals surface area (Å²) in [6.07, 6.45) is 6.85. The van der Waals surface area contributed by atoms with Gasteiger partial charge in [-0.2, -0.15) is 0 Å². The molecule has 3 heteroatoms. The van der Waals surface area contributed by atoms with Crippen molar-refractivity contribution in [2.45, 2.75) is 34.1 Å². The van der Waals surface area contributed by atoms with E-state index < -0.39 is 0 Å². The lowest BCUT2D eigenvalue weighted by Gasteiger charge is -1.72. The molecular formula is C11H18N2S. The Morgan fingerprint density at radius 3 is 2.14 bits per heavy atom. The average Bonchev–Trinajstić information content (AvgIpc) is 2.83. The highest BCUT2D eigenvalue weighted by Gasteiger charge is 1.85. The van der Waals surface area contributed by atoms with E-state index in [-0.39, 0.29) is 0 Å². The minimum absolute atomic E-state index is 1.03. The Labute approximate surface area is 90.4 Å². The van der Waals surface area contributed by atoms with Crippen LogP contribution in [-0.4, -0.2) is 11.2 Å². The summed E-state index contributed by atoms with van der Waals surface area (Å²) in [6.45, 7) is 7.99. The molecule has 0 radical (unpaired) electrons. The number of hydrogen-bond acceptors (Lipinski definition) is 3. The zero-order chi connectivity index (χ0) is 10.8. The van der Waals surface area contributed by atoms with Gasteiger partial charge in [0.2, 0.25) is 0 Å². The van der Waals surface area contributed by atoms with Gasteiger partial charge >= 0.3 is 0 Å². The van der Waals surface area contributed by atoms with Crippen LogP contribution in [0.25, 0.3) is 0 Å². The van der Waals surface area contributed by atoms with E-state index in [9.17, 15) is 0 Å². The van der Waals surface area contributed by atoms with Gasteiger partial charge in [0.1, 0.15) is 0 Å². The lowest BCUT2D eigenvalue weighted by molar-refractivity contribution is 1.30. The molecule has 1 aromatic heterocycles. The molecule has 1 aliphatic rings. The van der Waals surface area contributed by atoms with Crippen molar-refractivity contribution < 1.29 is 0 Å².